The summed E-state index contributed by atoms with van der Waals surface area (Å²) in [5.41, 5.74) is 3.45. The number of allylic oxidation sites excluding steroid dienone is 3. The maximum atomic E-state index is 12.8. The fourth-order valence-electron chi connectivity index (χ4n) is 3.49. The van der Waals surface area contributed by atoms with Gasteiger partial charge in [-0.2, -0.15) is 0 Å². The van der Waals surface area contributed by atoms with Crippen molar-refractivity contribution in [3.8, 4) is 0 Å². The van der Waals surface area contributed by atoms with Gasteiger partial charge in [0.25, 0.3) is 5.91 Å². The van der Waals surface area contributed by atoms with Gasteiger partial charge in [-0.15, -0.1) is 0 Å². The first-order chi connectivity index (χ1) is 14.4. The molecule has 0 bridgehead atoms. The van der Waals surface area contributed by atoms with Crippen molar-refractivity contribution in [1.82, 2.24) is 15.0 Å². The maximum Gasteiger partial charge on any atom is 0.259 e. The van der Waals surface area contributed by atoms with Crippen LogP contribution in [-0.2, 0) is 4.74 Å². The SMILES string of the molecule is C=C1/C=C(c2nc3c(C(=O)Nc4ccccn4)cccc3[nH]2)\C=C/COC(C)(C)C1. The lowest BCUT2D eigenvalue weighted by Crippen LogP contribution is -2.24. The van der Waals surface area contributed by atoms with Gasteiger partial charge in [-0.3, -0.25) is 4.79 Å². The van der Waals surface area contributed by atoms with Crippen LogP contribution in [0.4, 0.5) is 5.82 Å². The molecular formula is C24H24N4O2. The summed E-state index contributed by atoms with van der Waals surface area (Å²) in [6, 6.07) is 10.9. The number of carbonyl (C=O) groups is 1. The number of aromatic amines is 1. The molecule has 1 aliphatic rings. The number of pyridine rings is 1. The maximum absolute atomic E-state index is 12.8. The van der Waals surface area contributed by atoms with Gasteiger partial charge < -0.3 is 15.0 Å². The molecule has 152 valence electrons. The summed E-state index contributed by atoms with van der Waals surface area (Å²) in [5, 5.41) is 2.82. The highest BCUT2D eigenvalue weighted by Crippen LogP contribution is 2.27. The third-order valence-electron chi connectivity index (χ3n) is 4.82. The summed E-state index contributed by atoms with van der Waals surface area (Å²) in [6.07, 6.45) is 8.30. The second kappa shape index (κ2) is 8.08. The van der Waals surface area contributed by atoms with E-state index < -0.39 is 0 Å². The summed E-state index contributed by atoms with van der Waals surface area (Å²) in [5.74, 6) is 0.923. The van der Waals surface area contributed by atoms with Gasteiger partial charge in [0.2, 0.25) is 0 Å². The molecule has 4 rings (SSSR count). The molecule has 0 unspecified atom stereocenters. The monoisotopic (exact) mass is 400 g/mol. The number of ether oxygens (including phenoxy) is 1. The number of hydrogen-bond donors (Lipinski definition) is 2. The van der Waals surface area contributed by atoms with E-state index in [1.165, 1.54) is 0 Å². The topological polar surface area (TPSA) is 79.9 Å². The van der Waals surface area contributed by atoms with Crippen LogP contribution < -0.4 is 5.32 Å². The normalized spacial score (nSPS) is 19.3. The van der Waals surface area contributed by atoms with E-state index in [-0.39, 0.29) is 11.5 Å². The number of amides is 1. The molecule has 1 amide bonds. The Labute approximate surface area is 175 Å². The molecule has 3 aromatic rings. The highest BCUT2D eigenvalue weighted by atomic mass is 16.5. The molecule has 0 atom stereocenters. The standard InChI is InChI=1S/C24H24N4O2/c1-16-14-17(8-7-13-30-24(2,3)15-16)22-26-19-10-6-9-18(21(19)28-22)23(29)27-20-11-4-5-12-25-20/h4-12,14H,1,13,15H2,2-3H3,(H,26,28)(H,25,27,29)/b8-7-,17-14+. The number of imidazole rings is 1. The number of nitrogens with one attached hydrogen (secondary N) is 2. The Kier molecular flexibility index (Phi) is 5.33. The van der Waals surface area contributed by atoms with Gasteiger partial charge in [0.05, 0.1) is 23.3 Å². The summed E-state index contributed by atoms with van der Waals surface area (Å²) in [7, 11) is 0. The molecule has 0 radical (unpaired) electrons. The summed E-state index contributed by atoms with van der Waals surface area (Å²) in [4.78, 5) is 25.0. The van der Waals surface area contributed by atoms with E-state index >= 15 is 0 Å². The van der Waals surface area contributed by atoms with Gasteiger partial charge in [-0.1, -0.05) is 36.4 Å². The summed E-state index contributed by atoms with van der Waals surface area (Å²) in [6.45, 7) is 8.79. The highest BCUT2D eigenvalue weighted by molar-refractivity contribution is 6.11. The minimum absolute atomic E-state index is 0.254. The van der Waals surface area contributed by atoms with E-state index in [2.05, 4.69) is 35.7 Å². The van der Waals surface area contributed by atoms with Gasteiger partial charge in [0.1, 0.15) is 17.2 Å². The molecule has 3 heterocycles. The number of para-hydroxylation sites is 1. The fraction of sp³-hybridized carbons (Fsp3) is 0.208. The van der Waals surface area contributed by atoms with Gasteiger partial charge in [-0.25, -0.2) is 9.97 Å². The van der Waals surface area contributed by atoms with E-state index in [9.17, 15) is 4.79 Å². The van der Waals surface area contributed by atoms with E-state index in [0.717, 1.165) is 23.1 Å². The molecule has 0 aliphatic carbocycles. The Balaban J connectivity index is 1.69. The molecule has 0 saturated carbocycles. The number of H-pyrrole nitrogens is 1. The highest BCUT2D eigenvalue weighted by Gasteiger charge is 2.20. The van der Waals surface area contributed by atoms with Gasteiger partial charge >= 0.3 is 0 Å². The largest absolute Gasteiger partial charge is 0.371 e. The van der Waals surface area contributed by atoms with Crippen LogP contribution in [-0.4, -0.2) is 33.1 Å². The van der Waals surface area contributed by atoms with Crippen LogP contribution in [0, 0.1) is 0 Å². The van der Waals surface area contributed by atoms with Gasteiger partial charge in [0.15, 0.2) is 0 Å². The molecule has 2 N–H and O–H groups in total. The molecule has 1 aliphatic heterocycles. The Morgan fingerprint density at radius 1 is 1.23 bits per heavy atom. The van der Waals surface area contributed by atoms with Crippen molar-refractivity contribution in [2.24, 2.45) is 0 Å². The minimum Gasteiger partial charge on any atom is -0.371 e. The Morgan fingerprint density at radius 2 is 2.10 bits per heavy atom. The van der Waals surface area contributed by atoms with Crippen molar-refractivity contribution in [3.63, 3.8) is 0 Å². The Bertz CT molecular complexity index is 1160. The smallest absolute Gasteiger partial charge is 0.259 e. The molecule has 1 aromatic carbocycles. The van der Waals surface area contributed by atoms with Crippen molar-refractivity contribution in [1.29, 1.82) is 0 Å². The van der Waals surface area contributed by atoms with Crippen molar-refractivity contribution in [2.75, 3.05) is 11.9 Å². The van der Waals surface area contributed by atoms with Crippen LogP contribution in [0.5, 0.6) is 0 Å². The zero-order chi connectivity index (χ0) is 21.1. The predicted octanol–water partition coefficient (Wildman–Crippen LogP) is 4.90. The number of anilines is 1. The van der Waals surface area contributed by atoms with Crippen LogP contribution in [0.1, 0.15) is 36.5 Å². The van der Waals surface area contributed by atoms with Crippen LogP contribution in [0.3, 0.4) is 0 Å². The molecule has 6 heteroatoms. The molecule has 2 aromatic heterocycles. The Hall–Kier alpha value is -3.51. The predicted molar refractivity (Wildman–Crippen MR) is 119 cm³/mol. The number of hydrogen-bond acceptors (Lipinski definition) is 4. The quantitative estimate of drug-likeness (QED) is 0.655. The van der Waals surface area contributed by atoms with Crippen LogP contribution in [0.15, 0.2) is 73.0 Å². The molecule has 6 nitrogen and oxygen atoms in total. The van der Waals surface area contributed by atoms with E-state index in [1.807, 2.05) is 36.4 Å². The number of aromatic nitrogens is 3. The number of carbonyl (C=O) groups excluding carboxylic acids is 1. The third-order valence-corrected chi connectivity index (χ3v) is 4.82. The summed E-state index contributed by atoms with van der Waals surface area (Å²) >= 11 is 0. The van der Waals surface area contributed by atoms with Gasteiger partial charge in [-0.05, 0) is 44.2 Å². The number of rotatable bonds is 3. The molecule has 0 saturated heterocycles. The zero-order valence-electron chi connectivity index (χ0n) is 17.1. The zero-order valence-corrected chi connectivity index (χ0v) is 17.1. The number of fused-ring (bicyclic) bond motifs is 1. The molecule has 30 heavy (non-hydrogen) atoms. The number of benzene rings is 1. The average molecular weight is 400 g/mol. The minimum atomic E-state index is -0.280. The van der Waals surface area contributed by atoms with Crippen LogP contribution in [0.2, 0.25) is 0 Å². The fourth-order valence-corrected chi connectivity index (χ4v) is 3.49. The molecule has 0 fully saturated rings. The second-order valence-electron chi connectivity index (χ2n) is 7.86. The number of nitrogens with zero attached hydrogens (tertiary/aromatic N) is 2. The second-order valence-corrected chi connectivity index (χ2v) is 7.86. The van der Waals surface area contributed by atoms with Crippen LogP contribution in [0.25, 0.3) is 16.6 Å². The van der Waals surface area contributed by atoms with Crippen molar-refractivity contribution in [2.45, 2.75) is 25.9 Å². The van der Waals surface area contributed by atoms with Gasteiger partial charge in [0, 0.05) is 18.2 Å². The molecular weight excluding hydrogens is 376 g/mol. The third kappa shape index (κ3) is 4.39. The lowest BCUT2D eigenvalue weighted by atomic mass is 9.98. The Morgan fingerprint density at radius 3 is 2.90 bits per heavy atom. The van der Waals surface area contributed by atoms with E-state index in [1.54, 1.807) is 24.4 Å². The van der Waals surface area contributed by atoms with Crippen molar-refractivity contribution < 1.29 is 9.53 Å². The van der Waals surface area contributed by atoms with E-state index in [0.29, 0.717) is 29.3 Å². The summed E-state index contributed by atoms with van der Waals surface area (Å²) < 4.78 is 5.90. The first-order valence-electron chi connectivity index (χ1n) is 9.83. The first-order valence-corrected chi connectivity index (χ1v) is 9.83. The lowest BCUT2D eigenvalue weighted by Gasteiger charge is -2.24. The lowest BCUT2D eigenvalue weighted by molar-refractivity contribution is 0.000669. The average Bonchev–Trinajstić information content (AvgIpc) is 3.16. The van der Waals surface area contributed by atoms with E-state index in [4.69, 9.17) is 9.72 Å². The molecule has 0 spiro atoms. The van der Waals surface area contributed by atoms with Crippen molar-refractivity contribution >= 4 is 28.3 Å². The van der Waals surface area contributed by atoms with Crippen LogP contribution >= 0.6 is 0 Å². The first kappa shape index (κ1) is 19.8. The van der Waals surface area contributed by atoms with Crippen molar-refractivity contribution in [3.05, 3.63) is 84.4 Å².